The quantitative estimate of drug-likeness (QED) is 0.497. The van der Waals surface area contributed by atoms with Crippen molar-refractivity contribution in [1.82, 2.24) is 25.5 Å². The number of rotatable bonds is 10. The number of tetrazole rings is 1. The predicted molar refractivity (Wildman–Crippen MR) is 106 cm³/mol. The number of carboxylic acid groups (broad SMARTS) is 1. The van der Waals surface area contributed by atoms with Gasteiger partial charge in [0.25, 0.3) is 0 Å². The van der Waals surface area contributed by atoms with Gasteiger partial charge < -0.3 is 15.2 Å². The predicted octanol–water partition coefficient (Wildman–Crippen LogP) is 1.66. The van der Waals surface area contributed by atoms with Crippen LogP contribution in [-0.2, 0) is 33.9 Å². The first-order chi connectivity index (χ1) is 14.5. The van der Waals surface area contributed by atoms with Crippen molar-refractivity contribution >= 4 is 29.2 Å². The second-order valence-electron chi connectivity index (χ2n) is 6.38. The van der Waals surface area contributed by atoms with Crippen molar-refractivity contribution in [3.63, 3.8) is 0 Å². The van der Waals surface area contributed by atoms with E-state index in [1.807, 2.05) is 22.9 Å². The molecule has 0 aliphatic heterocycles. The zero-order valence-corrected chi connectivity index (χ0v) is 16.6. The maximum atomic E-state index is 12.7. The Morgan fingerprint density at radius 1 is 1.17 bits per heavy atom. The third kappa shape index (κ3) is 6.21. The summed E-state index contributed by atoms with van der Waals surface area (Å²) in [6.07, 6.45) is -1.03. The first kappa shape index (κ1) is 21.1. The van der Waals surface area contributed by atoms with Crippen LogP contribution in [0.3, 0.4) is 0 Å². The van der Waals surface area contributed by atoms with Crippen molar-refractivity contribution in [3.05, 3.63) is 64.1 Å². The van der Waals surface area contributed by atoms with Crippen molar-refractivity contribution in [1.29, 1.82) is 0 Å². The summed E-state index contributed by atoms with van der Waals surface area (Å²) in [5.74, 6) is -1.32. The number of Topliss-reactive ketones (excluding diaryl/α,β-unsaturated/α-hetero) is 1. The highest BCUT2D eigenvalue weighted by Gasteiger charge is 2.26. The Labute approximate surface area is 175 Å². The van der Waals surface area contributed by atoms with E-state index in [4.69, 9.17) is 9.84 Å². The average Bonchev–Trinajstić information content (AvgIpc) is 3.39. The van der Waals surface area contributed by atoms with Gasteiger partial charge in [0.05, 0.1) is 6.42 Å². The number of aromatic nitrogens is 4. The van der Waals surface area contributed by atoms with Gasteiger partial charge in [0, 0.05) is 6.42 Å². The van der Waals surface area contributed by atoms with Gasteiger partial charge in [-0.25, -0.2) is 9.48 Å². The second kappa shape index (κ2) is 10.3. The Kier molecular flexibility index (Phi) is 7.22. The first-order valence-corrected chi connectivity index (χ1v) is 9.93. The van der Waals surface area contributed by atoms with E-state index in [0.29, 0.717) is 12.2 Å². The zero-order chi connectivity index (χ0) is 21.3. The Balaban J connectivity index is 1.60. The summed E-state index contributed by atoms with van der Waals surface area (Å²) in [5, 5.41) is 26.6. The van der Waals surface area contributed by atoms with E-state index in [-0.39, 0.29) is 13.2 Å². The van der Waals surface area contributed by atoms with Gasteiger partial charge in [-0.1, -0.05) is 30.3 Å². The van der Waals surface area contributed by atoms with Crippen LogP contribution < -0.4 is 5.32 Å². The summed E-state index contributed by atoms with van der Waals surface area (Å²) < 4.78 is 6.38. The number of hydrogen-bond acceptors (Lipinski definition) is 8. The molecule has 30 heavy (non-hydrogen) atoms. The molecule has 0 fully saturated rings. The summed E-state index contributed by atoms with van der Waals surface area (Å²) in [4.78, 5) is 35.9. The molecule has 0 bridgehead atoms. The van der Waals surface area contributed by atoms with E-state index in [2.05, 4.69) is 20.8 Å². The number of amides is 1. The smallest absolute Gasteiger partial charge is 0.408 e. The van der Waals surface area contributed by atoms with Crippen LogP contribution in [0.25, 0.3) is 0 Å². The molecule has 2 N–H and O–H groups in total. The van der Waals surface area contributed by atoms with Crippen LogP contribution >= 0.6 is 11.3 Å². The number of ketones is 1. The maximum absolute atomic E-state index is 12.7. The fraction of sp³-hybridized carbons (Fsp3) is 0.263. The molecule has 1 atom stereocenters. The average molecular weight is 429 g/mol. The van der Waals surface area contributed by atoms with Crippen molar-refractivity contribution in [3.8, 4) is 0 Å². The highest BCUT2D eigenvalue weighted by Crippen LogP contribution is 2.11. The van der Waals surface area contributed by atoms with Gasteiger partial charge in [0.2, 0.25) is 0 Å². The number of hydrogen-bond donors (Lipinski definition) is 2. The lowest BCUT2D eigenvalue weighted by atomic mass is 10.1. The number of carboxylic acids is 1. The minimum Gasteiger partial charge on any atom is -0.481 e. The van der Waals surface area contributed by atoms with Crippen LogP contribution in [0.5, 0.6) is 0 Å². The number of aliphatic carboxylic acids is 1. The highest BCUT2D eigenvalue weighted by molar-refractivity contribution is 7.07. The molecule has 11 heteroatoms. The molecular weight excluding hydrogens is 410 g/mol. The summed E-state index contributed by atoms with van der Waals surface area (Å²) in [6, 6.07) is 9.63. The van der Waals surface area contributed by atoms with E-state index in [9.17, 15) is 14.4 Å². The molecular formula is C19H19N5O5S. The Morgan fingerprint density at radius 3 is 2.67 bits per heavy atom. The lowest BCUT2D eigenvalue weighted by Gasteiger charge is -2.16. The van der Waals surface area contributed by atoms with E-state index in [0.717, 1.165) is 11.1 Å². The van der Waals surface area contributed by atoms with Gasteiger partial charge in [0.15, 0.2) is 11.6 Å². The fourth-order valence-electron chi connectivity index (χ4n) is 2.63. The standard InChI is InChI=1S/C19H19N5O5S/c25-16(10-24-17(21-22-23-24)8-14-6-7-30-12-14)15(9-18(26)27)20-19(28)29-11-13-4-2-1-3-5-13/h1-7,12,15H,8-11H2,(H,20,28)(H,26,27). The van der Waals surface area contributed by atoms with Crippen LogP contribution in [0, 0.1) is 0 Å². The van der Waals surface area contributed by atoms with Gasteiger partial charge in [-0.05, 0) is 38.4 Å². The molecule has 2 aromatic heterocycles. The minimum atomic E-state index is -1.27. The monoisotopic (exact) mass is 429 g/mol. The summed E-state index contributed by atoms with van der Waals surface area (Å²) in [6.45, 7) is -0.276. The van der Waals surface area contributed by atoms with Crippen LogP contribution in [0.1, 0.15) is 23.4 Å². The number of nitrogens with zero attached hydrogens (tertiary/aromatic N) is 4. The molecule has 156 valence electrons. The molecule has 3 rings (SSSR count). The number of carbonyl (C=O) groups excluding carboxylic acids is 2. The molecule has 0 aliphatic rings. The first-order valence-electron chi connectivity index (χ1n) is 8.99. The van der Waals surface area contributed by atoms with Gasteiger partial charge in [-0.2, -0.15) is 11.3 Å². The normalized spacial score (nSPS) is 11.6. The molecule has 10 nitrogen and oxygen atoms in total. The largest absolute Gasteiger partial charge is 0.481 e. The minimum absolute atomic E-state index is 0.00155. The number of alkyl carbamates (subject to hydrolysis) is 1. The number of nitrogens with one attached hydrogen (secondary N) is 1. The lowest BCUT2D eigenvalue weighted by molar-refractivity contribution is -0.139. The molecule has 0 aliphatic carbocycles. The van der Waals surface area contributed by atoms with Crippen molar-refractivity contribution in [2.75, 3.05) is 0 Å². The van der Waals surface area contributed by atoms with Crippen molar-refractivity contribution in [2.24, 2.45) is 0 Å². The third-order valence-corrected chi connectivity index (χ3v) is 4.86. The summed E-state index contributed by atoms with van der Waals surface area (Å²) >= 11 is 1.53. The zero-order valence-electron chi connectivity index (χ0n) is 15.8. The molecule has 1 amide bonds. The van der Waals surface area contributed by atoms with Gasteiger partial charge in [-0.15, -0.1) is 5.10 Å². The van der Waals surface area contributed by atoms with Gasteiger partial charge in [-0.3, -0.25) is 9.59 Å². The molecule has 1 unspecified atom stereocenters. The van der Waals surface area contributed by atoms with E-state index >= 15 is 0 Å². The van der Waals surface area contributed by atoms with Gasteiger partial charge >= 0.3 is 12.1 Å². The number of benzene rings is 1. The number of thiophene rings is 1. The van der Waals surface area contributed by atoms with E-state index < -0.39 is 30.3 Å². The molecule has 0 radical (unpaired) electrons. The summed E-state index contributed by atoms with van der Waals surface area (Å²) in [5.41, 5.74) is 1.76. The Morgan fingerprint density at radius 2 is 1.97 bits per heavy atom. The summed E-state index contributed by atoms with van der Waals surface area (Å²) in [7, 11) is 0. The molecule has 0 spiro atoms. The molecule has 3 aromatic rings. The van der Waals surface area contributed by atoms with Crippen LogP contribution in [-0.4, -0.2) is 49.2 Å². The van der Waals surface area contributed by atoms with Crippen molar-refractivity contribution in [2.45, 2.75) is 32.0 Å². The van der Waals surface area contributed by atoms with Crippen molar-refractivity contribution < 1.29 is 24.2 Å². The Hall–Kier alpha value is -3.60. The fourth-order valence-corrected chi connectivity index (χ4v) is 3.30. The lowest BCUT2D eigenvalue weighted by Crippen LogP contribution is -2.44. The SMILES string of the molecule is O=C(O)CC(NC(=O)OCc1ccccc1)C(=O)Cn1nnnc1Cc1ccsc1. The van der Waals surface area contributed by atoms with Gasteiger partial charge in [0.1, 0.15) is 19.2 Å². The second-order valence-corrected chi connectivity index (χ2v) is 7.16. The van der Waals surface area contributed by atoms with Crippen LogP contribution in [0.4, 0.5) is 4.79 Å². The topological polar surface area (TPSA) is 136 Å². The molecule has 0 saturated carbocycles. The van der Waals surface area contributed by atoms with Crippen LogP contribution in [0.2, 0.25) is 0 Å². The van der Waals surface area contributed by atoms with E-state index in [1.54, 1.807) is 24.3 Å². The number of ether oxygens (including phenoxy) is 1. The molecule has 1 aromatic carbocycles. The van der Waals surface area contributed by atoms with Crippen LogP contribution in [0.15, 0.2) is 47.2 Å². The van der Waals surface area contributed by atoms with E-state index in [1.165, 1.54) is 16.0 Å². The maximum Gasteiger partial charge on any atom is 0.408 e. The molecule has 0 saturated heterocycles. The highest BCUT2D eigenvalue weighted by atomic mass is 32.1. The molecule has 2 heterocycles. The third-order valence-electron chi connectivity index (χ3n) is 4.13. The Bertz CT molecular complexity index is 990. The number of carbonyl (C=O) groups is 3.